The summed E-state index contributed by atoms with van der Waals surface area (Å²) < 4.78 is 10.5. The molecule has 1 N–H and O–H groups in total. The topological polar surface area (TPSA) is 64.4 Å². The number of aromatic nitrogens is 1. The highest BCUT2D eigenvalue weighted by atomic mass is 32.1. The molecule has 0 saturated heterocycles. The number of nitrogens with zero attached hydrogens (tertiary/aromatic N) is 1. The predicted molar refractivity (Wildman–Crippen MR) is 91.1 cm³/mol. The number of nitrogens with one attached hydrogen (secondary N) is 1. The van der Waals surface area contributed by atoms with Crippen LogP contribution in [0.15, 0.2) is 33.5 Å². The zero-order valence-corrected chi connectivity index (χ0v) is 13.5. The summed E-state index contributed by atoms with van der Waals surface area (Å²) in [6, 6.07) is 7.60. The van der Waals surface area contributed by atoms with E-state index in [4.69, 9.17) is 9.15 Å². The van der Waals surface area contributed by atoms with Gasteiger partial charge in [0.2, 0.25) is 0 Å². The van der Waals surface area contributed by atoms with Crippen molar-refractivity contribution in [1.82, 2.24) is 4.98 Å². The zero-order valence-electron chi connectivity index (χ0n) is 12.7. The normalized spacial score (nSPS) is 13.8. The predicted octanol–water partition coefficient (Wildman–Crippen LogP) is 3.88. The molecule has 0 unspecified atom stereocenters. The van der Waals surface area contributed by atoms with Crippen molar-refractivity contribution in [3.8, 4) is 5.75 Å². The number of fused-ring (bicyclic) bond motifs is 3. The van der Waals surface area contributed by atoms with Gasteiger partial charge in [-0.05, 0) is 55.5 Å². The average Bonchev–Trinajstić information content (AvgIpc) is 2.94. The van der Waals surface area contributed by atoms with Gasteiger partial charge in [0.1, 0.15) is 16.0 Å². The van der Waals surface area contributed by atoms with Crippen LogP contribution in [0.5, 0.6) is 5.75 Å². The first kappa shape index (κ1) is 14.3. The number of thiophene rings is 1. The Labute approximate surface area is 136 Å². The highest BCUT2D eigenvalue weighted by Gasteiger charge is 2.20. The number of hydrogen-bond acceptors (Lipinski definition) is 6. The van der Waals surface area contributed by atoms with Gasteiger partial charge < -0.3 is 14.5 Å². The van der Waals surface area contributed by atoms with Gasteiger partial charge in [0.25, 0.3) is 0 Å². The molecule has 5 nitrogen and oxygen atoms in total. The molecular weight excluding hydrogens is 312 g/mol. The fraction of sp³-hybridized carbons (Fsp3) is 0.294. The molecule has 2 aromatic heterocycles. The molecule has 0 radical (unpaired) electrons. The summed E-state index contributed by atoms with van der Waals surface area (Å²) in [5.74, 6) is 0.770. The lowest BCUT2D eigenvalue weighted by Crippen LogP contribution is -2.07. The van der Waals surface area contributed by atoms with Crippen molar-refractivity contribution in [2.45, 2.75) is 25.7 Å². The van der Waals surface area contributed by atoms with Gasteiger partial charge in [0, 0.05) is 10.6 Å². The highest BCUT2D eigenvalue weighted by Crippen LogP contribution is 2.34. The Morgan fingerprint density at radius 1 is 1.22 bits per heavy atom. The van der Waals surface area contributed by atoms with Gasteiger partial charge in [-0.1, -0.05) is 0 Å². The second-order valence-corrected chi connectivity index (χ2v) is 6.63. The molecule has 0 bridgehead atoms. The maximum atomic E-state index is 12.4. The highest BCUT2D eigenvalue weighted by molar-refractivity contribution is 7.18. The molecule has 3 aromatic rings. The number of ether oxygens (including phenoxy) is 1. The Morgan fingerprint density at radius 3 is 2.78 bits per heavy atom. The summed E-state index contributed by atoms with van der Waals surface area (Å²) in [4.78, 5) is 18.9. The van der Waals surface area contributed by atoms with Crippen LogP contribution in [0.1, 0.15) is 23.3 Å². The first-order chi connectivity index (χ1) is 11.2. The average molecular weight is 328 g/mol. The van der Waals surface area contributed by atoms with E-state index in [-0.39, 0.29) is 11.6 Å². The Bertz CT molecular complexity index is 912. The number of aryl methyl sites for hydroxylation is 2. The number of rotatable bonds is 3. The van der Waals surface area contributed by atoms with Crippen LogP contribution < -0.4 is 15.7 Å². The van der Waals surface area contributed by atoms with E-state index in [2.05, 4.69) is 10.3 Å². The van der Waals surface area contributed by atoms with Crippen LogP contribution in [-0.4, -0.2) is 12.1 Å². The summed E-state index contributed by atoms with van der Waals surface area (Å²) in [6.45, 7) is 0. The Hall–Kier alpha value is -2.34. The third-order valence-corrected chi connectivity index (χ3v) is 5.28. The van der Waals surface area contributed by atoms with Crippen LogP contribution in [0, 0.1) is 0 Å². The van der Waals surface area contributed by atoms with E-state index in [1.54, 1.807) is 18.4 Å². The van der Waals surface area contributed by atoms with E-state index in [0.717, 1.165) is 41.1 Å². The molecule has 23 heavy (non-hydrogen) atoms. The van der Waals surface area contributed by atoms with Gasteiger partial charge in [0.05, 0.1) is 7.11 Å². The monoisotopic (exact) mass is 328 g/mol. The lowest BCUT2D eigenvalue weighted by molar-refractivity contribution is 0.415. The molecule has 1 aliphatic rings. The first-order valence-corrected chi connectivity index (χ1v) is 8.43. The summed E-state index contributed by atoms with van der Waals surface area (Å²) in [6.07, 6.45) is 4.30. The van der Waals surface area contributed by atoms with Gasteiger partial charge in [-0.15, -0.1) is 11.3 Å². The molecule has 0 atom stereocenters. The SMILES string of the molecule is COc1ccc(Nc2nc3sc4c(c3c(=O)o2)CCCC4)cc1. The van der Waals surface area contributed by atoms with Crippen LogP contribution in [0.3, 0.4) is 0 Å². The summed E-state index contributed by atoms with van der Waals surface area (Å²) in [5, 5.41) is 3.71. The van der Waals surface area contributed by atoms with Crippen molar-refractivity contribution in [3.63, 3.8) is 0 Å². The quantitative estimate of drug-likeness (QED) is 0.790. The largest absolute Gasteiger partial charge is 0.497 e. The van der Waals surface area contributed by atoms with E-state index in [1.165, 1.54) is 11.3 Å². The lowest BCUT2D eigenvalue weighted by Gasteiger charge is -2.09. The molecule has 2 heterocycles. The third kappa shape index (κ3) is 2.59. The lowest BCUT2D eigenvalue weighted by atomic mass is 9.97. The van der Waals surface area contributed by atoms with Gasteiger partial charge >= 0.3 is 11.6 Å². The second kappa shape index (κ2) is 5.70. The summed E-state index contributed by atoms with van der Waals surface area (Å²) in [7, 11) is 1.62. The van der Waals surface area contributed by atoms with Gasteiger partial charge in [-0.2, -0.15) is 4.98 Å². The van der Waals surface area contributed by atoms with E-state index < -0.39 is 0 Å². The van der Waals surface area contributed by atoms with Gasteiger partial charge in [0.15, 0.2) is 0 Å². The van der Waals surface area contributed by atoms with Crippen LogP contribution in [0.25, 0.3) is 10.2 Å². The zero-order chi connectivity index (χ0) is 15.8. The smallest absolute Gasteiger partial charge is 0.349 e. The molecule has 1 aliphatic carbocycles. The van der Waals surface area contributed by atoms with Crippen molar-refractivity contribution < 1.29 is 9.15 Å². The maximum absolute atomic E-state index is 12.4. The van der Waals surface area contributed by atoms with E-state index >= 15 is 0 Å². The van der Waals surface area contributed by atoms with Gasteiger partial charge in [-0.3, -0.25) is 0 Å². The minimum absolute atomic E-state index is 0.228. The Balaban J connectivity index is 1.72. The molecule has 0 amide bonds. The minimum Gasteiger partial charge on any atom is -0.497 e. The summed E-state index contributed by atoms with van der Waals surface area (Å²) >= 11 is 1.61. The van der Waals surface area contributed by atoms with Crippen LogP contribution >= 0.6 is 11.3 Å². The Morgan fingerprint density at radius 2 is 2.00 bits per heavy atom. The number of hydrogen-bond donors (Lipinski definition) is 1. The van der Waals surface area contributed by atoms with E-state index in [1.807, 2.05) is 24.3 Å². The molecule has 0 fully saturated rings. The number of methoxy groups -OCH3 is 1. The standard InChI is InChI=1S/C17H16N2O3S/c1-21-11-8-6-10(7-9-11)18-17-19-15-14(16(20)22-17)12-4-2-3-5-13(12)23-15/h6-9H,2-5H2,1H3,(H,18,19). The second-order valence-electron chi connectivity index (χ2n) is 5.55. The molecule has 118 valence electrons. The Kier molecular flexibility index (Phi) is 3.53. The van der Waals surface area contributed by atoms with Crippen LogP contribution in [0.2, 0.25) is 0 Å². The fourth-order valence-corrected chi connectivity index (χ4v) is 4.19. The fourth-order valence-electron chi connectivity index (χ4n) is 2.95. The van der Waals surface area contributed by atoms with Crippen molar-refractivity contribution >= 4 is 33.3 Å². The van der Waals surface area contributed by atoms with Crippen molar-refractivity contribution in [3.05, 3.63) is 45.1 Å². The van der Waals surface area contributed by atoms with E-state index in [9.17, 15) is 4.79 Å². The molecule has 4 rings (SSSR count). The molecule has 0 spiro atoms. The summed E-state index contributed by atoms with van der Waals surface area (Å²) in [5.41, 5.74) is 1.64. The number of anilines is 2. The van der Waals surface area contributed by atoms with Crippen LogP contribution in [-0.2, 0) is 12.8 Å². The molecular formula is C17H16N2O3S. The molecule has 0 saturated carbocycles. The first-order valence-electron chi connectivity index (χ1n) is 7.61. The van der Waals surface area contributed by atoms with Crippen molar-refractivity contribution in [2.75, 3.05) is 12.4 Å². The number of benzene rings is 1. The molecule has 6 heteroatoms. The maximum Gasteiger partial charge on any atom is 0.349 e. The third-order valence-electron chi connectivity index (χ3n) is 4.09. The minimum atomic E-state index is -0.301. The molecule has 1 aromatic carbocycles. The van der Waals surface area contributed by atoms with Crippen molar-refractivity contribution in [2.24, 2.45) is 0 Å². The van der Waals surface area contributed by atoms with Crippen LogP contribution in [0.4, 0.5) is 11.7 Å². The van der Waals surface area contributed by atoms with Gasteiger partial charge in [-0.25, -0.2) is 4.79 Å². The van der Waals surface area contributed by atoms with Crippen molar-refractivity contribution in [1.29, 1.82) is 0 Å². The van der Waals surface area contributed by atoms with E-state index in [0.29, 0.717) is 5.39 Å². The molecule has 0 aliphatic heterocycles.